The van der Waals surface area contributed by atoms with Crippen LogP contribution in [0.15, 0.2) is 48.5 Å². The summed E-state index contributed by atoms with van der Waals surface area (Å²) in [5.74, 6) is 0.905. The molecule has 0 aliphatic rings. The first-order chi connectivity index (χ1) is 11.1. The standard InChI is InChI=1S/C15H10Cl2N4O2/c16-9-3-1-5-11(7-9)22-14-19-13(18)20-15(21-14)23-12-6-2-4-10(17)8-12/h1-8H,(H2,18,19,20,21). The summed E-state index contributed by atoms with van der Waals surface area (Å²) < 4.78 is 11.0. The zero-order valence-corrected chi connectivity index (χ0v) is 13.1. The van der Waals surface area contributed by atoms with Crippen LogP contribution in [0.2, 0.25) is 10.0 Å². The Morgan fingerprint density at radius 1 is 0.739 bits per heavy atom. The van der Waals surface area contributed by atoms with E-state index < -0.39 is 0 Å². The Hall–Kier alpha value is -2.57. The van der Waals surface area contributed by atoms with Crippen molar-refractivity contribution in [1.82, 2.24) is 15.0 Å². The highest BCUT2D eigenvalue weighted by Gasteiger charge is 2.09. The summed E-state index contributed by atoms with van der Waals surface area (Å²) in [5.41, 5.74) is 5.65. The van der Waals surface area contributed by atoms with Gasteiger partial charge in [-0.15, -0.1) is 4.98 Å². The molecule has 23 heavy (non-hydrogen) atoms. The van der Waals surface area contributed by atoms with Crippen LogP contribution in [0.1, 0.15) is 0 Å². The number of hydrogen-bond acceptors (Lipinski definition) is 6. The quantitative estimate of drug-likeness (QED) is 0.754. The molecule has 0 aliphatic heterocycles. The highest BCUT2D eigenvalue weighted by atomic mass is 35.5. The first-order valence-corrected chi connectivity index (χ1v) is 7.22. The van der Waals surface area contributed by atoms with E-state index >= 15 is 0 Å². The van der Waals surface area contributed by atoms with Gasteiger partial charge in [-0.25, -0.2) is 0 Å². The predicted molar refractivity (Wildman–Crippen MR) is 87.3 cm³/mol. The predicted octanol–water partition coefficient (Wildman–Crippen LogP) is 4.35. The molecule has 0 atom stereocenters. The van der Waals surface area contributed by atoms with E-state index in [1.807, 2.05) is 0 Å². The fraction of sp³-hybridized carbons (Fsp3) is 0. The molecule has 0 radical (unpaired) electrons. The summed E-state index contributed by atoms with van der Waals surface area (Å²) in [6.07, 6.45) is 0. The lowest BCUT2D eigenvalue weighted by Gasteiger charge is -2.07. The Bertz CT molecular complexity index is 779. The average Bonchev–Trinajstić information content (AvgIpc) is 2.46. The van der Waals surface area contributed by atoms with E-state index in [9.17, 15) is 0 Å². The Labute approximate surface area is 141 Å². The third-order valence-corrected chi connectivity index (χ3v) is 3.09. The molecule has 0 spiro atoms. The monoisotopic (exact) mass is 348 g/mol. The number of nitrogen functional groups attached to an aromatic ring is 1. The number of rotatable bonds is 4. The van der Waals surface area contributed by atoms with Crippen molar-refractivity contribution in [2.24, 2.45) is 0 Å². The zero-order valence-electron chi connectivity index (χ0n) is 11.6. The highest BCUT2D eigenvalue weighted by Crippen LogP contribution is 2.25. The average molecular weight is 349 g/mol. The molecule has 0 saturated heterocycles. The molecule has 0 amide bonds. The summed E-state index contributed by atoms with van der Waals surface area (Å²) >= 11 is 11.8. The summed E-state index contributed by atoms with van der Waals surface area (Å²) in [5, 5.41) is 1.06. The van der Waals surface area contributed by atoms with Crippen LogP contribution in [-0.4, -0.2) is 15.0 Å². The first kappa shape index (κ1) is 15.3. The molecule has 0 saturated carbocycles. The van der Waals surface area contributed by atoms with E-state index in [0.29, 0.717) is 21.5 Å². The summed E-state index contributed by atoms with van der Waals surface area (Å²) in [7, 11) is 0. The molecule has 3 rings (SSSR count). The van der Waals surface area contributed by atoms with Gasteiger partial charge in [-0.3, -0.25) is 0 Å². The minimum Gasteiger partial charge on any atom is -0.424 e. The summed E-state index contributed by atoms with van der Waals surface area (Å²) in [6, 6.07) is 13.6. The molecule has 3 aromatic rings. The fourth-order valence-electron chi connectivity index (χ4n) is 1.72. The lowest BCUT2D eigenvalue weighted by atomic mass is 10.3. The normalized spacial score (nSPS) is 10.3. The molecule has 0 bridgehead atoms. The molecule has 1 aromatic heterocycles. The van der Waals surface area contributed by atoms with Gasteiger partial charge in [-0.05, 0) is 36.4 Å². The van der Waals surface area contributed by atoms with Crippen molar-refractivity contribution in [1.29, 1.82) is 0 Å². The van der Waals surface area contributed by atoms with Crippen molar-refractivity contribution < 1.29 is 9.47 Å². The first-order valence-electron chi connectivity index (χ1n) is 6.47. The van der Waals surface area contributed by atoms with Crippen molar-refractivity contribution in [3.8, 4) is 23.5 Å². The molecule has 116 valence electrons. The van der Waals surface area contributed by atoms with Crippen LogP contribution in [0.5, 0.6) is 23.5 Å². The Balaban J connectivity index is 1.84. The van der Waals surface area contributed by atoms with E-state index in [1.165, 1.54) is 0 Å². The van der Waals surface area contributed by atoms with Crippen LogP contribution in [0.25, 0.3) is 0 Å². The lowest BCUT2D eigenvalue weighted by Crippen LogP contribution is -2.02. The smallest absolute Gasteiger partial charge is 0.330 e. The third-order valence-electron chi connectivity index (χ3n) is 2.62. The second kappa shape index (κ2) is 6.68. The van der Waals surface area contributed by atoms with Gasteiger partial charge in [0.25, 0.3) is 0 Å². The van der Waals surface area contributed by atoms with Crippen LogP contribution >= 0.6 is 23.2 Å². The maximum absolute atomic E-state index is 5.90. The molecule has 8 heteroatoms. The van der Waals surface area contributed by atoms with Crippen molar-refractivity contribution in [3.05, 3.63) is 58.6 Å². The fourth-order valence-corrected chi connectivity index (χ4v) is 2.08. The second-order valence-electron chi connectivity index (χ2n) is 4.38. The molecule has 2 aromatic carbocycles. The van der Waals surface area contributed by atoms with Crippen LogP contribution in [0.3, 0.4) is 0 Å². The Morgan fingerprint density at radius 3 is 1.65 bits per heavy atom. The second-order valence-corrected chi connectivity index (χ2v) is 5.25. The zero-order chi connectivity index (χ0) is 16.2. The van der Waals surface area contributed by atoms with Gasteiger partial charge in [0.1, 0.15) is 11.5 Å². The summed E-state index contributed by atoms with van der Waals surface area (Å²) in [6.45, 7) is 0. The number of benzene rings is 2. The number of anilines is 1. The van der Waals surface area contributed by atoms with Crippen LogP contribution < -0.4 is 15.2 Å². The van der Waals surface area contributed by atoms with Crippen molar-refractivity contribution in [2.45, 2.75) is 0 Å². The van der Waals surface area contributed by atoms with Crippen molar-refractivity contribution in [2.75, 3.05) is 5.73 Å². The van der Waals surface area contributed by atoms with Gasteiger partial charge in [0.05, 0.1) is 0 Å². The summed E-state index contributed by atoms with van der Waals surface area (Å²) in [4.78, 5) is 11.9. The van der Waals surface area contributed by atoms with Gasteiger partial charge in [0, 0.05) is 10.0 Å². The van der Waals surface area contributed by atoms with Crippen LogP contribution in [-0.2, 0) is 0 Å². The molecule has 2 N–H and O–H groups in total. The molecular formula is C15H10Cl2N4O2. The molecule has 0 unspecified atom stereocenters. The van der Waals surface area contributed by atoms with E-state index in [4.69, 9.17) is 38.4 Å². The largest absolute Gasteiger partial charge is 0.424 e. The molecule has 0 fully saturated rings. The van der Waals surface area contributed by atoms with E-state index in [1.54, 1.807) is 48.5 Å². The van der Waals surface area contributed by atoms with Crippen molar-refractivity contribution >= 4 is 29.2 Å². The van der Waals surface area contributed by atoms with Gasteiger partial charge in [0.15, 0.2) is 0 Å². The minimum absolute atomic E-state index is 0.00297. The van der Waals surface area contributed by atoms with Crippen LogP contribution in [0, 0.1) is 0 Å². The van der Waals surface area contributed by atoms with Gasteiger partial charge in [-0.2, -0.15) is 9.97 Å². The minimum atomic E-state index is -0.0333. The topological polar surface area (TPSA) is 83.2 Å². The number of halogens is 2. The van der Waals surface area contributed by atoms with Gasteiger partial charge in [-0.1, -0.05) is 35.3 Å². The number of nitrogens with zero attached hydrogens (tertiary/aromatic N) is 3. The lowest BCUT2D eigenvalue weighted by molar-refractivity contribution is 0.399. The number of ether oxygens (including phenoxy) is 2. The number of nitrogens with two attached hydrogens (primary N) is 1. The third kappa shape index (κ3) is 4.21. The maximum Gasteiger partial charge on any atom is 0.330 e. The van der Waals surface area contributed by atoms with E-state index in [0.717, 1.165) is 0 Å². The maximum atomic E-state index is 5.90. The van der Waals surface area contributed by atoms with Crippen LogP contribution in [0.4, 0.5) is 5.95 Å². The highest BCUT2D eigenvalue weighted by molar-refractivity contribution is 6.31. The van der Waals surface area contributed by atoms with Gasteiger partial charge < -0.3 is 15.2 Å². The number of hydrogen-bond donors (Lipinski definition) is 1. The van der Waals surface area contributed by atoms with Gasteiger partial charge >= 0.3 is 12.0 Å². The molecule has 1 heterocycles. The van der Waals surface area contributed by atoms with E-state index in [-0.39, 0.29) is 18.0 Å². The number of aromatic nitrogens is 3. The Kier molecular flexibility index (Phi) is 4.45. The Morgan fingerprint density at radius 2 is 1.22 bits per heavy atom. The van der Waals surface area contributed by atoms with Gasteiger partial charge in [0.2, 0.25) is 5.95 Å². The molecule has 0 aliphatic carbocycles. The van der Waals surface area contributed by atoms with Crippen molar-refractivity contribution in [3.63, 3.8) is 0 Å². The molecular weight excluding hydrogens is 339 g/mol. The SMILES string of the molecule is Nc1nc(Oc2cccc(Cl)c2)nc(Oc2cccc(Cl)c2)n1. The van der Waals surface area contributed by atoms with E-state index in [2.05, 4.69) is 15.0 Å². The molecule has 6 nitrogen and oxygen atoms in total.